The Bertz CT molecular complexity index is 1000. The van der Waals surface area contributed by atoms with Gasteiger partial charge in [0.1, 0.15) is 5.57 Å². The van der Waals surface area contributed by atoms with Gasteiger partial charge in [-0.05, 0) is 60.1 Å². The Morgan fingerprint density at radius 2 is 1.93 bits per heavy atom. The summed E-state index contributed by atoms with van der Waals surface area (Å²) in [5, 5.41) is 12.4. The highest BCUT2D eigenvalue weighted by atomic mass is 35.5. The third-order valence-corrected chi connectivity index (χ3v) is 4.86. The number of carbonyl (C=O) groups is 2. The maximum atomic E-state index is 13.0. The first-order valence-electron chi connectivity index (χ1n) is 8.42. The van der Waals surface area contributed by atoms with Crippen molar-refractivity contribution in [1.29, 1.82) is 0 Å². The summed E-state index contributed by atoms with van der Waals surface area (Å²) in [6, 6.07) is 10.3. The second-order valence-electron chi connectivity index (χ2n) is 6.03. The molecule has 8 heteroatoms. The summed E-state index contributed by atoms with van der Waals surface area (Å²) in [6.07, 6.45) is 2.24. The number of phenols is 1. The van der Waals surface area contributed by atoms with E-state index in [0.29, 0.717) is 11.3 Å². The van der Waals surface area contributed by atoms with Gasteiger partial charge in [0.05, 0.1) is 17.8 Å². The van der Waals surface area contributed by atoms with Crippen LogP contribution in [0.4, 0.5) is 5.69 Å². The van der Waals surface area contributed by atoms with E-state index in [-0.39, 0.29) is 27.2 Å². The molecule has 0 spiro atoms. The molecule has 1 fully saturated rings. The van der Waals surface area contributed by atoms with Gasteiger partial charge in [-0.2, -0.15) is 0 Å². The maximum Gasteiger partial charge on any atom is 0.270 e. The van der Waals surface area contributed by atoms with Gasteiger partial charge < -0.3 is 9.84 Å². The number of methoxy groups -OCH3 is 1. The molecule has 3 rings (SSSR count). The van der Waals surface area contributed by atoms with Crippen LogP contribution in [0, 0.1) is 0 Å². The first-order chi connectivity index (χ1) is 13.3. The van der Waals surface area contributed by atoms with Crippen molar-refractivity contribution in [3.05, 3.63) is 58.1 Å². The first-order valence-corrected chi connectivity index (χ1v) is 9.21. The van der Waals surface area contributed by atoms with Gasteiger partial charge in [0.2, 0.25) is 0 Å². The smallest absolute Gasteiger partial charge is 0.270 e. The highest BCUT2D eigenvalue weighted by Crippen LogP contribution is 2.35. The van der Waals surface area contributed by atoms with Crippen LogP contribution in [0.2, 0.25) is 5.02 Å². The molecule has 2 N–H and O–H groups in total. The Hall–Kier alpha value is -2.90. The minimum absolute atomic E-state index is 0.0118. The van der Waals surface area contributed by atoms with Crippen LogP contribution in [0.15, 0.2) is 42.0 Å². The molecule has 1 saturated heterocycles. The molecule has 28 heavy (non-hydrogen) atoms. The highest BCUT2D eigenvalue weighted by Gasteiger charge is 2.34. The zero-order valence-corrected chi connectivity index (χ0v) is 16.7. The van der Waals surface area contributed by atoms with Crippen LogP contribution < -0.4 is 15.0 Å². The lowest BCUT2D eigenvalue weighted by Crippen LogP contribution is -2.54. The average molecular weight is 417 g/mol. The average Bonchev–Trinajstić information content (AvgIpc) is 2.68. The van der Waals surface area contributed by atoms with Crippen LogP contribution in [-0.2, 0) is 16.0 Å². The number of halogens is 1. The molecular formula is C20H17ClN2O4S. The number of ether oxygens (including phenoxy) is 1. The maximum absolute atomic E-state index is 13.0. The minimum Gasteiger partial charge on any atom is -0.503 e. The largest absolute Gasteiger partial charge is 0.503 e. The Labute approximate surface area is 172 Å². The Morgan fingerprint density at radius 1 is 1.25 bits per heavy atom. The standard InChI is InChI=1S/C20H17ClN2O4S/c1-3-11-4-6-13(7-5-11)23-19(26)14(18(25)22-20(23)28)8-12-9-15(21)17(24)16(10-12)27-2/h4-10,24H,3H2,1-2H3,(H,22,25,28)/b14-8+. The monoisotopic (exact) mass is 416 g/mol. The van der Waals surface area contributed by atoms with E-state index in [0.717, 1.165) is 12.0 Å². The summed E-state index contributed by atoms with van der Waals surface area (Å²) in [4.78, 5) is 26.6. The summed E-state index contributed by atoms with van der Waals surface area (Å²) >= 11 is 11.2. The van der Waals surface area contributed by atoms with Crippen LogP contribution in [0.3, 0.4) is 0 Å². The molecule has 0 atom stereocenters. The van der Waals surface area contributed by atoms with Crippen molar-refractivity contribution in [2.75, 3.05) is 12.0 Å². The molecule has 0 saturated carbocycles. The zero-order valence-electron chi connectivity index (χ0n) is 15.2. The van der Waals surface area contributed by atoms with Crippen molar-refractivity contribution in [3.8, 4) is 11.5 Å². The molecule has 2 aromatic rings. The SMILES string of the molecule is CCc1ccc(N2C(=O)/C(=C/c3cc(Cl)c(O)c(OC)c3)C(=O)NC2=S)cc1. The molecule has 0 bridgehead atoms. The van der Waals surface area contributed by atoms with E-state index < -0.39 is 11.8 Å². The quantitative estimate of drug-likeness (QED) is 0.453. The third-order valence-electron chi connectivity index (χ3n) is 4.29. The van der Waals surface area contributed by atoms with Crippen molar-refractivity contribution in [2.45, 2.75) is 13.3 Å². The van der Waals surface area contributed by atoms with Gasteiger partial charge in [-0.25, -0.2) is 0 Å². The molecule has 0 aliphatic carbocycles. The highest BCUT2D eigenvalue weighted by molar-refractivity contribution is 7.80. The van der Waals surface area contributed by atoms with Gasteiger partial charge in [0, 0.05) is 0 Å². The number of anilines is 1. The van der Waals surface area contributed by atoms with Crippen molar-refractivity contribution >= 4 is 52.5 Å². The molecule has 2 amide bonds. The number of benzene rings is 2. The molecule has 6 nitrogen and oxygen atoms in total. The van der Waals surface area contributed by atoms with Crippen LogP contribution >= 0.6 is 23.8 Å². The number of phenolic OH excluding ortho intramolecular Hbond substituents is 1. The van der Waals surface area contributed by atoms with Crippen molar-refractivity contribution in [2.24, 2.45) is 0 Å². The number of aromatic hydroxyl groups is 1. The summed E-state index contributed by atoms with van der Waals surface area (Å²) < 4.78 is 5.06. The van der Waals surface area contributed by atoms with E-state index in [4.69, 9.17) is 28.6 Å². The first kappa shape index (κ1) is 19.9. The number of amides is 2. The van der Waals surface area contributed by atoms with Gasteiger partial charge in [0.25, 0.3) is 11.8 Å². The second-order valence-corrected chi connectivity index (χ2v) is 6.83. The van der Waals surface area contributed by atoms with Gasteiger partial charge in [-0.3, -0.25) is 19.8 Å². The number of hydrogen-bond donors (Lipinski definition) is 2. The topological polar surface area (TPSA) is 78.9 Å². The molecule has 0 radical (unpaired) electrons. The van der Waals surface area contributed by atoms with Gasteiger partial charge in [-0.1, -0.05) is 30.7 Å². The second kappa shape index (κ2) is 8.00. The predicted molar refractivity (Wildman–Crippen MR) is 112 cm³/mol. The van der Waals surface area contributed by atoms with E-state index in [1.165, 1.54) is 30.2 Å². The third kappa shape index (κ3) is 3.72. The predicted octanol–water partition coefficient (Wildman–Crippen LogP) is 3.45. The lowest BCUT2D eigenvalue weighted by atomic mass is 10.1. The van der Waals surface area contributed by atoms with Crippen LogP contribution in [0.5, 0.6) is 11.5 Å². The van der Waals surface area contributed by atoms with Crippen LogP contribution in [0.25, 0.3) is 6.08 Å². The molecule has 0 aromatic heterocycles. The number of hydrogen-bond acceptors (Lipinski definition) is 5. The van der Waals surface area contributed by atoms with E-state index in [1.807, 2.05) is 19.1 Å². The summed E-state index contributed by atoms with van der Waals surface area (Å²) in [6.45, 7) is 2.03. The molecule has 1 aliphatic heterocycles. The number of carbonyl (C=O) groups excluding carboxylic acids is 2. The van der Waals surface area contributed by atoms with E-state index >= 15 is 0 Å². The molecular weight excluding hydrogens is 400 g/mol. The Morgan fingerprint density at radius 3 is 2.54 bits per heavy atom. The lowest BCUT2D eigenvalue weighted by Gasteiger charge is -2.29. The fourth-order valence-corrected chi connectivity index (χ4v) is 3.27. The minimum atomic E-state index is -0.611. The number of nitrogens with one attached hydrogen (secondary N) is 1. The number of aryl methyl sites for hydroxylation is 1. The number of rotatable bonds is 4. The van der Waals surface area contributed by atoms with Crippen molar-refractivity contribution in [3.63, 3.8) is 0 Å². The van der Waals surface area contributed by atoms with Gasteiger partial charge >= 0.3 is 0 Å². The Balaban J connectivity index is 2.02. The normalized spacial score (nSPS) is 15.8. The van der Waals surface area contributed by atoms with E-state index in [1.54, 1.807) is 12.1 Å². The fourth-order valence-electron chi connectivity index (χ4n) is 2.77. The summed E-state index contributed by atoms with van der Waals surface area (Å²) in [5.41, 5.74) is 1.98. The summed E-state index contributed by atoms with van der Waals surface area (Å²) in [5.74, 6) is -1.25. The fraction of sp³-hybridized carbons (Fsp3) is 0.150. The summed E-state index contributed by atoms with van der Waals surface area (Å²) in [7, 11) is 1.38. The van der Waals surface area contributed by atoms with Crippen molar-refractivity contribution < 1.29 is 19.4 Å². The van der Waals surface area contributed by atoms with Crippen LogP contribution in [0.1, 0.15) is 18.1 Å². The molecule has 1 aliphatic rings. The molecule has 1 heterocycles. The van der Waals surface area contributed by atoms with Crippen molar-refractivity contribution in [1.82, 2.24) is 5.32 Å². The van der Waals surface area contributed by atoms with Gasteiger partial charge in [0.15, 0.2) is 16.6 Å². The molecule has 2 aromatic carbocycles. The molecule has 144 valence electrons. The number of nitrogens with zero attached hydrogens (tertiary/aromatic N) is 1. The molecule has 0 unspecified atom stereocenters. The Kier molecular flexibility index (Phi) is 5.67. The van der Waals surface area contributed by atoms with Gasteiger partial charge in [-0.15, -0.1) is 0 Å². The van der Waals surface area contributed by atoms with Crippen LogP contribution in [-0.4, -0.2) is 29.1 Å². The lowest BCUT2D eigenvalue weighted by molar-refractivity contribution is -0.122. The van der Waals surface area contributed by atoms with E-state index in [9.17, 15) is 14.7 Å². The zero-order chi connectivity index (χ0) is 20.4. The van der Waals surface area contributed by atoms with E-state index in [2.05, 4.69) is 5.32 Å². The number of thiocarbonyl (C=S) groups is 1.